The van der Waals surface area contributed by atoms with Crippen LogP contribution in [-0.2, 0) is 14.3 Å². The molecule has 0 spiro atoms. The van der Waals surface area contributed by atoms with Gasteiger partial charge in [0.15, 0.2) is 0 Å². The lowest BCUT2D eigenvalue weighted by Crippen LogP contribution is -2.59. The van der Waals surface area contributed by atoms with Crippen molar-refractivity contribution in [1.82, 2.24) is 0 Å². The van der Waals surface area contributed by atoms with Crippen LogP contribution in [0.5, 0.6) is 11.5 Å². The second-order valence-corrected chi connectivity index (χ2v) is 5.58. The van der Waals surface area contributed by atoms with Gasteiger partial charge in [0.05, 0.1) is 20.8 Å². The number of rotatable bonds is 6. The topological polar surface area (TPSA) is 135 Å². The van der Waals surface area contributed by atoms with Gasteiger partial charge in [-0.1, -0.05) is 0 Å². The lowest BCUT2D eigenvalue weighted by atomic mass is 9.99. The van der Waals surface area contributed by atoms with Gasteiger partial charge in [0.2, 0.25) is 6.29 Å². The Morgan fingerprint density at radius 1 is 1.15 bits per heavy atom. The molecule has 9 nitrogen and oxygen atoms in total. The van der Waals surface area contributed by atoms with E-state index in [0.717, 1.165) is 6.08 Å². The van der Waals surface area contributed by atoms with Crippen LogP contribution in [0.25, 0.3) is 6.08 Å². The van der Waals surface area contributed by atoms with Crippen LogP contribution in [0.2, 0.25) is 0 Å². The van der Waals surface area contributed by atoms with Gasteiger partial charge in [0.25, 0.3) is 0 Å². The number of esters is 1. The molecule has 4 N–H and O–H groups in total. The van der Waals surface area contributed by atoms with Crippen LogP contribution in [0.1, 0.15) is 5.56 Å². The Kier molecular flexibility index (Phi) is 6.95. The van der Waals surface area contributed by atoms with Crippen LogP contribution >= 0.6 is 0 Å². The number of aliphatic hydroxyl groups is 4. The summed E-state index contributed by atoms with van der Waals surface area (Å²) in [4.78, 5) is 12.0. The first kappa shape index (κ1) is 20.1. The Hall–Kier alpha value is -2.17. The number of carbonyl (C=O) groups is 1. The van der Waals surface area contributed by atoms with Crippen LogP contribution in [0, 0.1) is 0 Å². The van der Waals surface area contributed by atoms with E-state index in [0.29, 0.717) is 17.1 Å². The van der Waals surface area contributed by atoms with E-state index in [1.165, 1.54) is 20.3 Å². The maximum atomic E-state index is 12.0. The molecule has 1 heterocycles. The van der Waals surface area contributed by atoms with Gasteiger partial charge in [0.1, 0.15) is 35.9 Å². The van der Waals surface area contributed by atoms with Crippen molar-refractivity contribution in [1.29, 1.82) is 0 Å². The highest BCUT2D eigenvalue weighted by Crippen LogP contribution is 2.26. The van der Waals surface area contributed by atoms with Crippen LogP contribution < -0.4 is 9.47 Å². The normalized spacial score (nSPS) is 28.8. The highest BCUT2D eigenvalue weighted by Gasteiger charge is 2.45. The summed E-state index contributed by atoms with van der Waals surface area (Å²) >= 11 is 0. The molecule has 1 aromatic carbocycles. The first-order chi connectivity index (χ1) is 12.4. The van der Waals surface area contributed by atoms with Crippen molar-refractivity contribution in [2.75, 3.05) is 20.8 Å². The van der Waals surface area contributed by atoms with E-state index >= 15 is 0 Å². The van der Waals surface area contributed by atoms with Gasteiger partial charge >= 0.3 is 5.97 Å². The average molecular weight is 370 g/mol. The van der Waals surface area contributed by atoms with E-state index in [1.54, 1.807) is 18.2 Å². The Morgan fingerprint density at radius 2 is 1.88 bits per heavy atom. The summed E-state index contributed by atoms with van der Waals surface area (Å²) in [6.45, 7) is -0.615. The summed E-state index contributed by atoms with van der Waals surface area (Å²) < 4.78 is 20.4. The predicted octanol–water partition coefficient (Wildman–Crippen LogP) is -0.940. The molecule has 0 aromatic heterocycles. The van der Waals surface area contributed by atoms with E-state index < -0.39 is 43.3 Å². The van der Waals surface area contributed by atoms with Crippen molar-refractivity contribution in [2.24, 2.45) is 0 Å². The lowest BCUT2D eigenvalue weighted by molar-refractivity contribution is -0.291. The Morgan fingerprint density at radius 3 is 2.50 bits per heavy atom. The summed E-state index contributed by atoms with van der Waals surface area (Å²) in [5.74, 6) is 0.203. The quantitative estimate of drug-likeness (QED) is 0.370. The van der Waals surface area contributed by atoms with Gasteiger partial charge in [-0.2, -0.15) is 0 Å². The Labute approximate surface area is 150 Å². The third-order valence-electron chi connectivity index (χ3n) is 3.92. The summed E-state index contributed by atoms with van der Waals surface area (Å²) in [7, 11) is 2.98. The zero-order chi connectivity index (χ0) is 19.3. The Bertz CT molecular complexity index is 643. The van der Waals surface area contributed by atoms with Crippen molar-refractivity contribution in [3.63, 3.8) is 0 Å². The van der Waals surface area contributed by atoms with Crippen molar-refractivity contribution >= 4 is 12.0 Å². The highest BCUT2D eigenvalue weighted by molar-refractivity contribution is 5.87. The summed E-state index contributed by atoms with van der Waals surface area (Å²) in [6.07, 6.45) is -4.99. The fourth-order valence-electron chi connectivity index (χ4n) is 2.45. The molecule has 0 amide bonds. The molecule has 1 aromatic rings. The molecule has 144 valence electrons. The molecule has 0 aliphatic carbocycles. The third-order valence-corrected chi connectivity index (χ3v) is 3.92. The fraction of sp³-hybridized carbons (Fsp3) is 0.471. The number of benzene rings is 1. The molecule has 1 saturated heterocycles. The van der Waals surface area contributed by atoms with Crippen molar-refractivity contribution < 1.29 is 44.2 Å². The zero-order valence-corrected chi connectivity index (χ0v) is 14.3. The molecule has 1 aliphatic rings. The number of hydrogen-bond acceptors (Lipinski definition) is 9. The molecule has 1 fully saturated rings. The van der Waals surface area contributed by atoms with Gasteiger partial charge in [-0.05, 0) is 24.3 Å². The monoisotopic (exact) mass is 370 g/mol. The van der Waals surface area contributed by atoms with Gasteiger partial charge in [-0.15, -0.1) is 0 Å². The van der Waals surface area contributed by atoms with Gasteiger partial charge in [-0.3, -0.25) is 0 Å². The summed E-state index contributed by atoms with van der Waals surface area (Å²) in [5.41, 5.74) is 0.553. The highest BCUT2D eigenvalue weighted by atomic mass is 16.7. The van der Waals surface area contributed by atoms with E-state index in [4.69, 9.17) is 24.1 Å². The molecular weight excluding hydrogens is 348 g/mol. The van der Waals surface area contributed by atoms with E-state index in [1.807, 2.05) is 0 Å². The molecule has 1 aliphatic heterocycles. The minimum atomic E-state index is -1.66. The maximum absolute atomic E-state index is 12.0. The second-order valence-electron chi connectivity index (χ2n) is 5.58. The molecule has 0 radical (unpaired) electrons. The standard InChI is InChI=1S/C17H22O9/c1-23-10-4-5-11(24-2)9(7-10)3-6-13(19)26-17-16(22)15(21)14(20)12(8-18)25-17/h3-7,12,14-18,20-22H,8H2,1-2H3/b6-3+/t12-,14-,15+,16-,17+/m1/s1. The summed E-state index contributed by atoms with van der Waals surface area (Å²) in [5, 5.41) is 38.3. The molecule has 2 rings (SSSR count). The van der Waals surface area contributed by atoms with E-state index in [-0.39, 0.29) is 0 Å². The largest absolute Gasteiger partial charge is 0.497 e. The maximum Gasteiger partial charge on any atom is 0.333 e. The fourth-order valence-corrected chi connectivity index (χ4v) is 2.45. The molecule has 5 atom stereocenters. The molecule has 0 unspecified atom stereocenters. The lowest BCUT2D eigenvalue weighted by Gasteiger charge is -2.38. The van der Waals surface area contributed by atoms with Gasteiger partial charge in [0, 0.05) is 11.6 Å². The number of methoxy groups -OCH3 is 2. The van der Waals surface area contributed by atoms with Crippen LogP contribution in [0.3, 0.4) is 0 Å². The van der Waals surface area contributed by atoms with Crippen molar-refractivity contribution in [3.8, 4) is 11.5 Å². The molecule has 0 saturated carbocycles. The first-order valence-electron chi connectivity index (χ1n) is 7.82. The number of carbonyl (C=O) groups excluding carboxylic acids is 1. The number of hydrogen-bond donors (Lipinski definition) is 4. The molecule has 0 bridgehead atoms. The van der Waals surface area contributed by atoms with Crippen molar-refractivity contribution in [2.45, 2.75) is 30.7 Å². The first-order valence-corrected chi connectivity index (χ1v) is 7.82. The number of aliphatic hydroxyl groups excluding tert-OH is 4. The molecule has 9 heteroatoms. The number of ether oxygens (including phenoxy) is 4. The zero-order valence-electron chi connectivity index (χ0n) is 14.3. The van der Waals surface area contributed by atoms with Crippen LogP contribution in [0.15, 0.2) is 24.3 Å². The van der Waals surface area contributed by atoms with Gasteiger partial charge in [-0.25, -0.2) is 4.79 Å². The Balaban J connectivity index is 2.07. The minimum Gasteiger partial charge on any atom is -0.497 e. The summed E-state index contributed by atoms with van der Waals surface area (Å²) in [6, 6.07) is 5.01. The third kappa shape index (κ3) is 4.51. The van der Waals surface area contributed by atoms with Crippen LogP contribution in [0.4, 0.5) is 0 Å². The van der Waals surface area contributed by atoms with Crippen LogP contribution in [-0.4, -0.2) is 77.9 Å². The smallest absolute Gasteiger partial charge is 0.333 e. The SMILES string of the molecule is COc1ccc(OC)c(/C=C/C(=O)O[C@@H]2O[C@H](CO)[C@@H](O)[C@H](O)[C@H]2O)c1. The van der Waals surface area contributed by atoms with Gasteiger partial charge < -0.3 is 39.4 Å². The second kappa shape index (κ2) is 8.97. The van der Waals surface area contributed by atoms with E-state index in [2.05, 4.69) is 0 Å². The van der Waals surface area contributed by atoms with E-state index in [9.17, 15) is 20.1 Å². The minimum absolute atomic E-state index is 0.502. The van der Waals surface area contributed by atoms with Crippen molar-refractivity contribution in [3.05, 3.63) is 29.8 Å². The average Bonchev–Trinajstić information content (AvgIpc) is 2.66. The molecule has 26 heavy (non-hydrogen) atoms. The molecular formula is C17H22O9. The predicted molar refractivity (Wildman–Crippen MR) is 88.4 cm³/mol.